The number of benzene rings is 1. The van der Waals surface area contributed by atoms with Crippen molar-refractivity contribution in [3.05, 3.63) is 23.0 Å². The second-order valence-electron chi connectivity index (χ2n) is 7.93. The lowest BCUT2D eigenvalue weighted by Gasteiger charge is -2.24. The summed E-state index contributed by atoms with van der Waals surface area (Å²) in [6.45, 7) is 3.33. The van der Waals surface area contributed by atoms with E-state index < -0.39 is 23.4 Å². The van der Waals surface area contributed by atoms with E-state index in [9.17, 15) is 8.78 Å². The van der Waals surface area contributed by atoms with Crippen LogP contribution in [0.2, 0.25) is 0 Å². The Kier molecular flexibility index (Phi) is 9.30. The monoisotopic (exact) mass is 402 g/mol. The maximum absolute atomic E-state index is 15.1. The summed E-state index contributed by atoms with van der Waals surface area (Å²) >= 11 is 0.565. The van der Waals surface area contributed by atoms with Crippen LogP contribution >= 0.6 is 11.9 Å². The molecule has 1 aliphatic carbocycles. The van der Waals surface area contributed by atoms with Crippen molar-refractivity contribution in [3.63, 3.8) is 0 Å². The van der Waals surface area contributed by atoms with Gasteiger partial charge in [0.05, 0.1) is 10.6 Å². The van der Waals surface area contributed by atoms with Gasteiger partial charge in [-0.05, 0) is 30.7 Å². The Labute approximate surface area is 166 Å². The van der Waals surface area contributed by atoms with Gasteiger partial charge in [-0.1, -0.05) is 71.6 Å². The minimum atomic E-state index is -1.13. The third-order valence-electron chi connectivity index (χ3n) is 5.46. The average Bonchev–Trinajstić information content (AvgIpc) is 2.61. The fourth-order valence-corrected chi connectivity index (χ4v) is 4.38. The molecular weight excluding hydrogens is 369 g/mol. The van der Waals surface area contributed by atoms with Crippen LogP contribution in [0.3, 0.4) is 0 Å². The van der Waals surface area contributed by atoms with Crippen LogP contribution < -0.4 is 10.5 Å². The fourth-order valence-electron chi connectivity index (χ4n) is 3.92. The molecule has 1 aromatic rings. The van der Waals surface area contributed by atoms with Crippen LogP contribution in [0.5, 0.6) is 0 Å². The lowest BCUT2D eigenvalue weighted by atomic mass is 9.96. The van der Waals surface area contributed by atoms with E-state index in [2.05, 4.69) is 5.32 Å². The molecule has 2 rings (SSSR count). The molecule has 1 fully saturated rings. The maximum atomic E-state index is 15.1. The standard InChI is InChI=1S/C21H33F3N2S/c1-14(2)16-17(22)19(24)21(27-25)20(18(16)23)26-15-12-10-8-6-4-3-5-7-9-11-13-15/h14-15,26H,3-13,25H2,1-2H3. The normalized spacial score (nSPS) is 18.2. The molecule has 0 bridgehead atoms. The van der Waals surface area contributed by atoms with Gasteiger partial charge < -0.3 is 5.32 Å². The zero-order valence-electron chi connectivity index (χ0n) is 16.6. The summed E-state index contributed by atoms with van der Waals surface area (Å²) < 4.78 is 43.9. The van der Waals surface area contributed by atoms with Gasteiger partial charge in [-0.2, -0.15) is 0 Å². The first-order valence-corrected chi connectivity index (χ1v) is 11.2. The van der Waals surface area contributed by atoms with Gasteiger partial charge in [-0.25, -0.2) is 13.2 Å². The van der Waals surface area contributed by atoms with Crippen molar-refractivity contribution in [1.82, 2.24) is 0 Å². The number of halogens is 3. The third-order valence-corrected chi connectivity index (χ3v) is 6.08. The van der Waals surface area contributed by atoms with Crippen LogP contribution in [-0.2, 0) is 0 Å². The lowest BCUT2D eigenvalue weighted by Crippen LogP contribution is -2.22. The summed E-state index contributed by atoms with van der Waals surface area (Å²) in [7, 11) is 0. The van der Waals surface area contributed by atoms with Crippen molar-refractivity contribution in [2.45, 2.75) is 101 Å². The van der Waals surface area contributed by atoms with Crippen LogP contribution in [0.1, 0.15) is 96.0 Å². The van der Waals surface area contributed by atoms with Crippen molar-refractivity contribution >= 4 is 17.6 Å². The summed E-state index contributed by atoms with van der Waals surface area (Å²) in [6.07, 6.45) is 12.6. The molecule has 0 atom stereocenters. The highest BCUT2D eigenvalue weighted by Crippen LogP contribution is 2.38. The van der Waals surface area contributed by atoms with Gasteiger partial charge in [0.15, 0.2) is 17.5 Å². The zero-order valence-corrected chi connectivity index (χ0v) is 17.4. The largest absolute Gasteiger partial charge is 0.379 e. The Morgan fingerprint density at radius 3 is 1.74 bits per heavy atom. The summed E-state index contributed by atoms with van der Waals surface area (Å²) in [5, 5.41) is 8.76. The molecule has 0 aromatic heterocycles. The number of rotatable bonds is 4. The number of nitrogens with two attached hydrogens (primary N) is 1. The maximum Gasteiger partial charge on any atom is 0.176 e. The third kappa shape index (κ3) is 6.05. The first-order valence-electron chi connectivity index (χ1n) is 10.3. The van der Waals surface area contributed by atoms with E-state index >= 15 is 4.39 Å². The smallest absolute Gasteiger partial charge is 0.176 e. The minimum absolute atomic E-state index is 0.0298. The molecule has 154 valence electrons. The van der Waals surface area contributed by atoms with Crippen molar-refractivity contribution in [1.29, 1.82) is 0 Å². The van der Waals surface area contributed by atoms with E-state index in [1.54, 1.807) is 13.8 Å². The van der Waals surface area contributed by atoms with Crippen molar-refractivity contribution in [2.24, 2.45) is 5.14 Å². The Morgan fingerprint density at radius 2 is 1.30 bits per heavy atom. The Hall–Kier alpha value is -0.880. The van der Waals surface area contributed by atoms with Crippen molar-refractivity contribution in [2.75, 3.05) is 5.32 Å². The Balaban J connectivity index is 2.26. The van der Waals surface area contributed by atoms with Gasteiger partial charge in [0.25, 0.3) is 0 Å². The minimum Gasteiger partial charge on any atom is -0.379 e. The van der Waals surface area contributed by atoms with E-state index in [0.717, 1.165) is 38.5 Å². The summed E-state index contributed by atoms with van der Waals surface area (Å²) in [5.74, 6) is -3.33. The van der Waals surface area contributed by atoms with E-state index in [4.69, 9.17) is 5.14 Å². The molecule has 0 aliphatic heterocycles. The Morgan fingerprint density at radius 1 is 0.815 bits per heavy atom. The summed E-state index contributed by atoms with van der Waals surface area (Å²) in [5.41, 5.74) is -0.178. The molecule has 3 N–H and O–H groups in total. The molecule has 0 saturated heterocycles. The van der Waals surface area contributed by atoms with E-state index in [-0.39, 0.29) is 22.2 Å². The first kappa shape index (κ1) is 22.4. The predicted octanol–water partition coefficient (Wildman–Crippen LogP) is 7.28. The lowest BCUT2D eigenvalue weighted by molar-refractivity contribution is 0.452. The molecule has 27 heavy (non-hydrogen) atoms. The number of hydrogen-bond acceptors (Lipinski definition) is 3. The Bertz CT molecular complexity index is 596. The molecular formula is C21H33F3N2S. The molecule has 0 unspecified atom stereocenters. The fraction of sp³-hybridized carbons (Fsp3) is 0.714. The molecule has 1 saturated carbocycles. The van der Waals surface area contributed by atoms with E-state index in [1.807, 2.05) is 0 Å². The molecule has 1 aliphatic rings. The van der Waals surface area contributed by atoms with Crippen LogP contribution in [0.15, 0.2) is 4.90 Å². The summed E-state index contributed by atoms with van der Waals surface area (Å²) in [6, 6.07) is 0.0506. The second kappa shape index (κ2) is 11.2. The molecule has 0 heterocycles. The highest BCUT2D eigenvalue weighted by atomic mass is 32.2. The second-order valence-corrected chi connectivity index (χ2v) is 8.58. The van der Waals surface area contributed by atoms with Gasteiger partial charge in [-0.15, -0.1) is 0 Å². The van der Waals surface area contributed by atoms with E-state index in [0.29, 0.717) is 11.9 Å². The van der Waals surface area contributed by atoms with Crippen LogP contribution in [0.25, 0.3) is 0 Å². The van der Waals surface area contributed by atoms with Crippen LogP contribution in [-0.4, -0.2) is 6.04 Å². The van der Waals surface area contributed by atoms with E-state index in [1.165, 1.54) is 32.1 Å². The number of nitrogens with one attached hydrogen (secondary N) is 1. The predicted molar refractivity (Wildman–Crippen MR) is 109 cm³/mol. The quantitative estimate of drug-likeness (QED) is 0.410. The summed E-state index contributed by atoms with van der Waals surface area (Å²) in [4.78, 5) is -0.166. The number of hydrogen-bond donors (Lipinski definition) is 2. The molecule has 2 nitrogen and oxygen atoms in total. The van der Waals surface area contributed by atoms with Gasteiger partial charge in [0, 0.05) is 11.6 Å². The van der Waals surface area contributed by atoms with Crippen molar-refractivity contribution in [3.8, 4) is 0 Å². The zero-order chi connectivity index (χ0) is 19.8. The van der Waals surface area contributed by atoms with Gasteiger partial charge in [-0.3, -0.25) is 5.14 Å². The van der Waals surface area contributed by atoms with Gasteiger partial charge in [0.2, 0.25) is 0 Å². The van der Waals surface area contributed by atoms with Gasteiger partial charge >= 0.3 is 0 Å². The first-order chi connectivity index (χ1) is 13.0. The van der Waals surface area contributed by atoms with Crippen molar-refractivity contribution < 1.29 is 13.2 Å². The molecule has 6 heteroatoms. The molecule has 0 spiro atoms. The average molecular weight is 403 g/mol. The van der Waals surface area contributed by atoms with Gasteiger partial charge in [0.1, 0.15) is 0 Å². The highest BCUT2D eigenvalue weighted by molar-refractivity contribution is 7.97. The molecule has 1 aromatic carbocycles. The topological polar surface area (TPSA) is 38.0 Å². The van der Waals surface area contributed by atoms with Crippen LogP contribution in [0, 0.1) is 17.5 Å². The number of anilines is 1. The van der Waals surface area contributed by atoms with Crippen LogP contribution in [0.4, 0.5) is 18.9 Å². The molecule has 0 radical (unpaired) electrons. The molecule has 0 amide bonds. The SMILES string of the molecule is CC(C)c1c(F)c(F)c(SN)c(NC2CCCCCCCCCCC2)c1F. The highest BCUT2D eigenvalue weighted by Gasteiger charge is 2.27.